The van der Waals surface area contributed by atoms with Gasteiger partial charge in [0.1, 0.15) is 6.54 Å². The van der Waals surface area contributed by atoms with Gasteiger partial charge >= 0.3 is 0 Å². The van der Waals surface area contributed by atoms with Crippen LogP contribution in [0.5, 0.6) is 0 Å². The topological polar surface area (TPSA) is 49.4 Å². The van der Waals surface area contributed by atoms with Crippen molar-refractivity contribution >= 4 is 46.6 Å². The first kappa shape index (κ1) is 19.6. The van der Waals surface area contributed by atoms with E-state index in [1.165, 1.54) is 0 Å². The maximum atomic E-state index is 13.1. The number of amides is 2. The zero-order chi connectivity index (χ0) is 20.2. The van der Waals surface area contributed by atoms with E-state index in [9.17, 15) is 9.59 Å². The van der Waals surface area contributed by atoms with Crippen LogP contribution in [0.15, 0.2) is 83.8 Å². The van der Waals surface area contributed by atoms with Crippen LogP contribution in [0.3, 0.4) is 0 Å². The Kier molecular flexibility index (Phi) is 5.88. The second-order valence-electron chi connectivity index (χ2n) is 6.72. The molecule has 0 radical (unpaired) electrons. The van der Waals surface area contributed by atoms with Crippen molar-refractivity contribution in [3.05, 3.63) is 89.4 Å². The van der Waals surface area contributed by atoms with E-state index in [-0.39, 0.29) is 23.6 Å². The van der Waals surface area contributed by atoms with Gasteiger partial charge in [-0.15, -0.1) is 11.8 Å². The normalized spacial score (nSPS) is 16.1. The van der Waals surface area contributed by atoms with E-state index in [0.29, 0.717) is 17.1 Å². The molecule has 1 unspecified atom stereocenters. The van der Waals surface area contributed by atoms with Gasteiger partial charge in [-0.25, -0.2) is 0 Å². The average molecular weight is 423 g/mol. The number of anilines is 2. The van der Waals surface area contributed by atoms with Gasteiger partial charge in [-0.05, 0) is 42.0 Å². The van der Waals surface area contributed by atoms with Crippen LogP contribution in [0.4, 0.5) is 11.4 Å². The third kappa shape index (κ3) is 4.63. The number of thioether (sulfide) groups is 1. The summed E-state index contributed by atoms with van der Waals surface area (Å²) in [6, 6.07) is 24.6. The van der Waals surface area contributed by atoms with Gasteiger partial charge in [0.05, 0.1) is 5.69 Å². The summed E-state index contributed by atoms with van der Waals surface area (Å²) in [7, 11) is 0. The summed E-state index contributed by atoms with van der Waals surface area (Å²) in [5.74, 6) is -0.318. The monoisotopic (exact) mass is 422 g/mol. The first-order valence-corrected chi connectivity index (χ1v) is 10.5. The summed E-state index contributed by atoms with van der Waals surface area (Å²) in [5, 5.41) is 3.44. The van der Waals surface area contributed by atoms with Gasteiger partial charge in [0, 0.05) is 27.3 Å². The van der Waals surface area contributed by atoms with Crippen LogP contribution >= 0.6 is 23.4 Å². The van der Waals surface area contributed by atoms with E-state index in [4.69, 9.17) is 11.6 Å². The lowest BCUT2D eigenvalue weighted by Crippen LogP contribution is -2.38. The van der Waals surface area contributed by atoms with Crippen molar-refractivity contribution < 1.29 is 9.59 Å². The molecule has 0 aliphatic carbocycles. The van der Waals surface area contributed by atoms with Gasteiger partial charge in [0.25, 0.3) is 0 Å². The number of carbonyl (C=O) groups excluding carboxylic acids is 2. The fourth-order valence-electron chi connectivity index (χ4n) is 3.28. The molecule has 3 aromatic carbocycles. The minimum atomic E-state index is -0.251. The van der Waals surface area contributed by atoms with Crippen molar-refractivity contribution in [2.75, 3.05) is 16.8 Å². The second kappa shape index (κ2) is 8.72. The van der Waals surface area contributed by atoms with Crippen LogP contribution in [-0.4, -0.2) is 18.4 Å². The quantitative estimate of drug-likeness (QED) is 0.599. The maximum absolute atomic E-state index is 13.1. The first-order chi connectivity index (χ1) is 14.1. The van der Waals surface area contributed by atoms with Crippen molar-refractivity contribution in [2.45, 2.75) is 16.6 Å². The number of hydrogen-bond acceptors (Lipinski definition) is 3. The van der Waals surface area contributed by atoms with Gasteiger partial charge in [-0.3, -0.25) is 9.59 Å². The summed E-state index contributed by atoms with van der Waals surface area (Å²) in [6.07, 6.45) is 0.331. The number of rotatable bonds is 4. The van der Waals surface area contributed by atoms with Crippen LogP contribution < -0.4 is 10.2 Å². The van der Waals surface area contributed by atoms with Gasteiger partial charge in [0.15, 0.2) is 0 Å². The Morgan fingerprint density at radius 3 is 2.45 bits per heavy atom. The van der Waals surface area contributed by atoms with E-state index in [2.05, 4.69) is 5.32 Å². The number of hydrogen-bond donors (Lipinski definition) is 1. The minimum Gasteiger partial charge on any atom is -0.325 e. The molecule has 0 aromatic heterocycles. The molecule has 1 heterocycles. The highest BCUT2D eigenvalue weighted by Crippen LogP contribution is 2.45. The third-order valence-electron chi connectivity index (χ3n) is 4.69. The van der Waals surface area contributed by atoms with Crippen LogP contribution in [-0.2, 0) is 9.59 Å². The molecule has 1 atom stereocenters. The van der Waals surface area contributed by atoms with Crippen LogP contribution in [0.25, 0.3) is 0 Å². The molecular weight excluding hydrogens is 404 g/mol. The predicted octanol–water partition coefficient (Wildman–Crippen LogP) is 5.55. The summed E-state index contributed by atoms with van der Waals surface area (Å²) in [4.78, 5) is 28.3. The largest absolute Gasteiger partial charge is 0.325 e. The Labute approximate surface area is 178 Å². The van der Waals surface area contributed by atoms with Gasteiger partial charge in [-0.1, -0.05) is 54.1 Å². The Morgan fingerprint density at radius 1 is 1.00 bits per heavy atom. The van der Waals surface area contributed by atoms with E-state index in [0.717, 1.165) is 16.1 Å². The number of benzene rings is 3. The Hall–Kier alpha value is -2.76. The lowest BCUT2D eigenvalue weighted by atomic mass is 10.1. The zero-order valence-electron chi connectivity index (χ0n) is 15.5. The molecule has 146 valence electrons. The zero-order valence-corrected chi connectivity index (χ0v) is 17.1. The van der Waals surface area contributed by atoms with Crippen molar-refractivity contribution in [3.8, 4) is 0 Å². The number of carbonyl (C=O) groups is 2. The fraction of sp³-hybridized carbons (Fsp3) is 0.130. The molecule has 4 nitrogen and oxygen atoms in total. The number of nitrogens with zero attached hydrogens (tertiary/aromatic N) is 1. The molecule has 3 aromatic rings. The van der Waals surface area contributed by atoms with Gasteiger partial charge in [-0.2, -0.15) is 0 Å². The molecule has 29 heavy (non-hydrogen) atoms. The SMILES string of the molecule is O=C(CN1C(=O)CC(c2ccccc2)Sc2ccccc21)Nc1ccc(Cl)cc1. The van der Waals surface area contributed by atoms with E-state index in [1.807, 2.05) is 54.6 Å². The molecule has 0 fully saturated rings. The smallest absolute Gasteiger partial charge is 0.244 e. The highest BCUT2D eigenvalue weighted by molar-refractivity contribution is 7.99. The second-order valence-corrected chi connectivity index (χ2v) is 8.40. The van der Waals surface area contributed by atoms with Crippen molar-refractivity contribution in [1.29, 1.82) is 0 Å². The predicted molar refractivity (Wildman–Crippen MR) is 119 cm³/mol. The van der Waals surface area contributed by atoms with E-state index in [1.54, 1.807) is 40.9 Å². The van der Waals surface area contributed by atoms with Crippen LogP contribution in [0.2, 0.25) is 5.02 Å². The molecule has 4 rings (SSSR count). The molecule has 0 spiro atoms. The molecular formula is C23H19ClN2O2S. The van der Waals surface area contributed by atoms with Crippen molar-refractivity contribution in [1.82, 2.24) is 0 Å². The summed E-state index contributed by atoms with van der Waals surface area (Å²) in [5.41, 5.74) is 2.52. The standard InChI is InChI=1S/C23H19ClN2O2S/c24-17-10-12-18(13-11-17)25-22(27)15-26-19-8-4-5-9-20(19)29-21(14-23(26)28)16-6-2-1-3-7-16/h1-13,21H,14-15H2,(H,25,27). The first-order valence-electron chi connectivity index (χ1n) is 9.26. The van der Waals surface area contributed by atoms with E-state index >= 15 is 0 Å². The third-order valence-corrected chi connectivity index (χ3v) is 6.26. The highest BCUT2D eigenvalue weighted by atomic mass is 35.5. The summed E-state index contributed by atoms with van der Waals surface area (Å²) in [6.45, 7) is -0.0411. The van der Waals surface area contributed by atoms with Crippen molar-refractivity contribution in [2.24, 2.45) is 0 Å². The van der Waals surface area contributed by atoms with Crippen LogP contribution in [0.1, 0.15) is 17.2 Å². The summed E-state index contributed by atoms with van der Waals surface area (Å²) < 4.78 is 0. The molecule has 0 bridgehead atoms. The number of halogens is 1. The lowest BCUT2D eigenvalue weighted by Gasteiger charge is -2.22. The summed E-state index contributed by atoms with van der Waals surface area (Å²) >= 11 is 7.56. The minimum absolute atomic E-state index is 0.00850. The molecule has 2 amide bonds. The molecule has 1 aliphatic rings. The number of nitrogens with one attached hydrogen (secondary N) is 1. The Morgan fingerprint density at radius 2 is 1.69 bits per heavy atom. The molecule has 6 heteroatoms. The van der Waals surface area contributed by atoms with Gasteiger partial charge < -0.3 is 10.2 Å². The van der Waals surface area contributed by atoms with Gasteiger partial charge in [0.2, 0.25) is 11.8 Å². The highest BCUT2D eigenvalue weighted by Gasteiger charge is 2.30. The van der Waals surface area contributed by atoms with Crippen molar-refractivity contribution in [3.63, 3.8) is 0 Å². The molecule has 1 aliphatic heterocycles. The molecule has 0 saturated heterocycles. The Balaban J connectivity index is 1.57. The maximum Gasteiger partial charge on any atom is 0.244 e. The van der Waals surface area contributed by atoms with E-state index < -0.39 is 0 Å². The van der Waals surface area contributed by atoms with Crippen LogP contribution in [0, 0.1) is 0 Å². The number of fused-ring (bicyclic) bond motifs is 1. The average Bonchev–Trinajstić information content (AvgIpc) is 2.87. The number of para-hydroxylation sites is 1. The molecule has 0 saturated carbocycles. The molecule has 1 N–H and O–H groups in total. The lowest BCUT2D eigenvalue weighted by molar-refractivity contribution is -0.121. The fourth-order valence-corrected chi connectivity index (χ4v) is 4.69. The Bertz CT molecular complexity index is 1020.